The van der Waals surface area contributed by atoms with Gasteiger partial charge in [-0.3, -0.25) is 9.10 Å². The summed E-state index contributed by atoms with van der Waals surface area (Å²) >= 11 is 0. The van der Waals surface area contributed by atoms with E-state index in [0.29, 0.717) is 5.56 Å². The third kappa shape index (κ3) is 6.20. The molecule has 12 heteroatoms. The number of carbonyl (C=O) groups excluding carboxylic acids is 2. The van der Waals surface area contributed by atoms with Crippen LogP contribution in [0.1, 0.15) is 47.4 Å². The third-order valence-electron chi connectivity index (χ3n) is 7.04. The lowest BCUT2D eigenvalue weighted by Gasteiger charge is -2.42. The molecule has 2 aromatic rings. The maximum Gasteiger partial charge on any atom is 0.240 e. The van der Waals surface area contributed by atoms with Gasteiger partial charge in [-0.2, -0.15) is 0 Å². The first-order valence-electron chi connectivity index (χ1n) is 15.8. The van der Waals surface area contributed by atoms with Crippen LogP contribution in [0.2, 0.25) is 0 Å². The monoisotopic (exact) mass is 583 g/mol. The molecule has 2 aliphatic rings. The predicted octanol–water partition coefficient (Wildman–Crippen LogP) is 2.23. The van der Waals surface area contributed by atoms with Gasteiger partial charge in [0.25, 0.3) is 0 Å². The summed E-state index contributed by atoms with van der Waals surface area (Å²) < 4.78 is 117. The molecule has 0 bridgehead atoms. The Hall–Kier alpha value is -3.31. The molecule has 1 fully saturated rings. The molecular weight excluding hydrogens is 542 g/mol. The molecule has 0 unspecified atom stereocenters. The number of nitrogens with one attached hydrogen (secondary N) is 1. The Balaban J connectivity index is 1.64. The molecular formula is C28H34F2N4O5S. The molecule has 2 aliphatic heterocycles. The molecule has 1 saturated heterocycles. The molecule has 9 nitrogen and oxygen atoms in total. The second-order valence-corrected chi connectivity index (χ2v) is 12.4. The van der Waals surface area contributed by atoms with Gasteiger partial charge in [-0.05, 0) is 43.9 Å². The molecule has 1 spiro atoms. The van der Waals surface area contributed by atoms with Crippen LogP contribution in [-0.2, 0) is 36.3 Å². The topological polar surface area (TPSA) is 122 Å². The average Bonchev–Trinajstić information content (AvgIpc) is 3.27. The Morgan fingerprint density at radius 1 is 1.25 bits per heavy atom. The Bertz CT molecular complexity index is 1750. The molecule has 0 radical (unpaired) electrons. The zero-order chi connectivity index (χ0) is 35.4. The van der Waals surface area contributed by atoms with Crippen molar-refractivity contribution in [2.24, 2.45) is 5.73 Å². The molecule has 2 aromatic carbocycles. The van der Waals surface area contributed by atoms with Crippen LogP contribution >= 0.6 is 0 Å². The Kier molecular flexibility index (Phi) is 6.05. The van der Waals surface area contributed by atoms with E-state index in [1.807, 2.05) is 0 Å². The van der Waals surface area contributed by atoms with Gasteiger partial charge >= 0.3 is 0 Å². The Morgan fingerprint density at radius 2 is 1.88 bits per heavy atom. The number of halogens is 2. The molecule has 0 saturated carbocycles. The van der Waals surface area contributed by atoms with Crippen molar-refractivity contribution in [3.8, 4) is 0 Å². The summed E-state index contributed by atoms with van der Waals surface area (Å²) in [4.78, 5) is 26.9. The summed E-state index contributed by atoms with van der Waals surface area (Å²) in [6.45, 7) is -0.984. The first kappa shape index (κ1) is 21.4. The van der Waals surface area contributed by atoms with Crippen molar-refractivity contribution >= 4 is 27.6 Å². The summed E-state index contributed by atoms with van der Waals surface area (Å²) in [5.41, 5.74) is 2.86. The fourth-order valence-corrected chi connectivity index (χ4v) is 5.89. The van der Waals surface area contributed by atoms with Crippen LogP contribution in [0.5, 0.6) is 0 Å². The number of likely N-dealkylation sites (tertiary alicyclic amines) is 1. The van der Waals surface area contributed by atoms with Crippen LogP contribution in [-0.4, -0.2) is 69.2 Å². The maximum absolute atomic E-state index is 14.4. The standard InChI is InChI=1S/C28H34F2N4O5S/c1-27(2,31)26(36)32-23(17-39-16-19-7-5-4-6-8-19)25(15-35)33-11-9-28(10-12-33)18-34(40(3,37)38)24-14-22(30)21(29)13-20(24)28/h4-8,13-14,23H,9-12,16-18,31H2,1-3H3,(H,32,36)/t23-/m0/s1/i4D,5D,6D,7D,8D,16D2. The number of sulfonamides is 1. The van der Waals surface area contributed by atoms with Gasteiger partial charge in [0.2, 0.25) is 15.9 Å². The number of nitrogens with two attached hydrogens (primary N) is 1. The lowest BCUT2D eigenvalue weighted by Crippen LogP contribution is -2.56. The zero-order valence-electron chi connectivity index (χ0n) is 29.2. The number of amides is 1. The van der Waals surface area contributed by atoms with Gasteiger partial charge in [-0.15, -0.1) is 0 Å². The molecule has 0 aliphatic carbocycles. The van der Waals surface area contributed by atoms with Crippen molar-refractivity contribution < 1.29 is 41.1 Å². The van der Waals surface area contributed by atoms with Crippen LogP contribution in [0.4, 0.5) is 14.5 Å². The first-order valence-corrected chi connectivity index (χ1v) is 14.2. The van der Waals surface area contributed by atoms with E-state index in [1.54, 1.807) is 5.94 Å². The highest BCUT2D eigenvalue weighted by Crippen LogP contribution is 2.49. The van der Waals surface area contributed by atoms with Crippen molar-refractivity contribution in [3.05, 3.63) is 70.8 Å². The second kappa shape index (κ2) is 11.3. The number of anilines is 1. The van der Waals surface area contributed by atoms with E-state index in [-0.39, 0.29) is 43.9 Å². The maximum atomic E-state index is 14.4. The molecule has 216 valence electrons. The Morgan fingerprint density at radius 3 is 2.45 bits per heavy atom. The van der Waals surface area contributed by atoms with Crippen molar-refractivity contribution in [3.63, 3.8) is 0 Å². The van der Waals surface area contributed by atoms with Crippen LogP contribution in [0.15, 0.2) is 48.0 Å². The lowest BCUT2D eigenvalue weighted by atomic mass is 9.74. The number of hydrogen-bond acceptors (Lipinski definition) is 7. The minimum absolute atomic E-state index is 0.0181. The summed E-state index contributed by atoms with van der Waals surface area (Å²) in [5.74, 6) is -1.35. The fourth-order valence-electron chi connectivity index (χ4n) is 4.90. The summed E-state index contributed by atoms with van der Waals surface area (Å²) in [5, 5.41) is 2.53. The van der Waals surface area contributed by atoms with Crippen LogP contribution in [0, 0.1) is 11.6 Å². The number of fused-ring (bicyclic) bond motifs is 2. The first-order chi connectivity index (χ1) is 21.6. The molecule has 1 atom stereocenters. The third-order valence-corrected chi connectivity index (χ3v) is 8.16. The van der Waals surface area contributed by atoms with Crippen LogP contribution < -0.4 is 15.4 Å². The van der Waals surface area contributed by atoms with Gasteiger partial charge in [0, 0.05) is 31.1 Å². The van der Waals surface area contributed by atoms with Crippen molar-refractivity contribution in [1.29, 1.82) is 0 Å². The SMILES string of the molecule is [2H]c1c([2H])c([2H])c(C([2H])([2H])OC[C@H](NC(=O)C(C)(C)N)C(=C=O)N2CCC3(CC2)CN(S(C)(=O)=O)c2cc(F)c(F)cc23)c([2H])c1[2H]. The summed E-state index contributed by atoms with van der Waals surface area (Å²) in [6, 6.07) is -3.57. The van der Waals surface area contributed by atoms with Gasteiger partial charge in [0.1, 0.15) is 17.7 Å². The summed E-state index contributed by atoms with van der Waals surface area (Å²) in [7, 11) is -3.86. The van der Waals surface area contributed by atoms with E-state index in [1.165, 1.54) is 18.7 Å². The van der Waals surface area contributed by atoms with Crippen molar-refractivity contribution in [2.45, 2.75) is 50.2 Å². The number of benzene rings is 2. The van der Waals surface area contributed by atoms with Gasteiger partial charge in [-0.25, -0.2) is 22.0 Å². The van der Waals surface area contributed by atoms with E-state index in [0.717, 1.165) is 22.7 Å². The zero-order valence-corrected chi connectivity index (χ0v) is 23.0. The van der Waals surface area contributed by atoms with E-state index in [2.05, 4.69) is 5.32 Å². The largest absolute Gasteiger partial charge is 0.374 e. The van der Waals surface area contributed by atoms with Gasteiger partial charge in [-0.1, -0.05) is 30.2 Å². The molecule has 40 heavy (non-hydrogen) atoms. The minimum atomic E-state index is -3.86. The highest BCUT2D eigenvalue weighted by atomic mass is 32.2. The highest BCUT2D eigenvalue weighted by Gasteiger charge is 2.48. The van der Waals surface area contributed by atoms with E-state index >= 15 is 0 Å². The Labute approximate surface area is 242 Å². The van der Waals surface area contributed by atoms with E-state index < -0.39 is 93.5 Å². The normalized spacial score (nSPS) is 20.2. The van der Waals surface area contributed by atoms with Crippen molar-refractivity contribution in [1.82, 2.24) is 10.2 Å². The number of nitrogens with zero attached hydrogens (tertiary/aromatic N) is 2. The number of ether oxygens (including phenoxy) is 1. The summed E-state index contributed by atoms with van der Waals surface area (Å²) in [6.07, 6.45) is 1.28. The predicted molar refractivity (Wildman–Crippen MR) is 147 cm³/mol. The second-order valence-electron chi connectivity index (χ2n) is 10.5. The number of carbonyl (C=O) groups is 1. The number of rotatable bonds is 9. The molecule has 3 N–H and O–H groups in total. The van der Waals surface area contributed by atoms with E-state index in [9.17, 15) is 26.8 Å². The quantitative estimate of drug-likeness (QED) is 0.434. The van der Waals surface area contributed by atoms with E-state index in [4.69, 9.17) is 20.1 Å². The lowest BCUT2D eigenvalue weighted by molar-refractivity contribution is -0.126. The number of piperidine rings is 1. The van der Waals surface area contributed by atoms with Crippen LogP contribution in [0.3, 0.4) is 0 Å². The highest BCUT2D eigenvalue weighted by molar-refractivity contribution is 7.92. The molecule has 0 aromatic heterocycles. The molecule has 2 heterocycles. The molecule has 1 amide bonds. The van der Waals surface area contributed by atoms with Crippen molar-refractivity contribution in [2.75, 3.05) is 36.8 Å². The smallest absolute Gasteiger partial charge is 0.240 e. The number of hydrogen-bond donors (Lipinski definition) is 2. The van der Waals surface area contributed by atoms with Gasteiger partial charge < -0.3 is 20.7 Å². The molecule has 4 rings (SSSR count). The van der Waals surface area contributed by atoms with Gasteiger partial charge in [0.05, 0.1) is 40.2 Å². The average molecular weight is 584 g/mol. The van der Waals surface area contributed by atoms with Crippen LogP contribution in [0.25, 0.3) is 0 Å². The van der Waals surface area contributed by atoms with Gasteiger partial charge in [0.15, 0.2) is 11.6 Å². The fraction of sp³-hybridized carbons (Fsp3) is 0.464. The minimum Gasteiger partial charge on any atom is -0.374 e.